The van der Waals surface area contributed by atoms with E-state index in [2.05, 4.69) is 43.6 Å². The molecule has 0 bridgehead atoms. The second-order valence-corrected chi connectivity index (χ2v) is 7.69. The summed E-state index contributed by atoms with van der Waals surface area (Å²) >= 11 is 6.84. The lowest BCUT2D eigenvalue weighted by Crippen LogP contribution is -2.03. The molecule has 0 saturated carbocycles. The molecule has 0 heterocycles. The lowest BCUT2D eigenvalue weighted by Gasteiger charge is -2.01. The van der Waals surface area contributed by atoms with Crippen LogP contribution >= 0.6 is 31.5 Å². The highest BCUT2D eigenvalue weighted by atomic mass is 79.9. The monoisotopic (exact) mass is 354 g/mol. The molecule has 88 valence electrons. The molecule has 1 aliphatic carbocycles. The molecule has 0 radical (unpaired) electrons. The van der Waals surface area contributed by atoms with E-state index in [1.165, 1.54) is 11.1 Å². The standard InChI is InChI=1S/C13H13BBr2O/c15-14(16)7-3-6-13(17)12-8-10-4-1-2-5-11(10)9-12/h1-2,4-5,8H,3,6-7,9H2. The molecule has 0 saturated heterocycles. The Morgan fingerprint density at radius 3 is 2.76 bits per heavy atom. The van der Waals surface area contributed by atoms with Crippen molar-refractivity contribution in [2.75, 3.05) is 0 Å². The molecule has 2 rings (SSSR count). The topological polar surface area (TPSA) is 17.1 Å². The first-order chi connectivity index (χ1) is 8.16. The van der Waals surface area contributed by atoms with E-state index in [4.69, 9.17) is 0 Å². The Morgan fingerprint density at radius 2 is 2.06 bits per heavy atom. The maximum absolute atomic E-state index is 12.0. The third kappa shape index (κ3) is 3.55. The van der Waals surface area contributed by atoms with Gasteiger partial charge in [0, 0.05) is 18.4 Å². The normalized spacial score (nSPS) is 13.2. The van der Waals surface area contributed by atoms with E-state index in [1.807, 2.05) is 18.2 Å². The largest absolute Gasteiger partial charge is 0.298 e. The number of ketones is 1. The SMILES string of the molecule is O=C(CCCB(Br)Br)C1=Cc2ccccc2C1. The molecule has 0 atom stereocenters. The van der Waals surface area contributed by atoms with Crippen molar-refractivity contribution in [3.05, 3.63) is 41.0 Å². The van der Waals surface area contributed by atoms with E-state index in [0.29, 0.717) is 16.6 Å². The van der Waals surface area contributed by atoms with E-state index < -0.39 is 0 Å². The lowest BCUT2D eigenvalue weighted by atomic mass is 9.96. The first-order valence-electron chi connectivity index (χ1n) is 5.76. The number of carbonyl (C=O) groups is 1. The zero-order valence-corrected chi connectivity index (χ0v) is 12.6. The molecule has 1 aromatic carbocycles. The third-order valence-corrected chi connectivity index (χ3v) is 3.87. The Labute approximate surface area is 119 Å². The van der Waals surface area contributed by atoms with Gasteiger partial charge < -0.3 is 0 Å². The Kier molecular flexibility index (Phi) is 4.63. The molecule has 0 amide bonds. The summed E-state index contributed by atoms with van der Waals surface area (Å²) in [6.07, 6.45) is 5.39. The van der Waals surface area contributed by atoms with Crippen molar-refractivity contribution in [3.8, 4) is 0 Å². The van der Waals surface area contributed by atoms with Gasteiger partial charge in [0.15, 0.2) is 5.78 Å². The zero-order valence-electron chi connectivity index (χ0n) is 9.46. The highest BCUT2D eigenvalue weighted by molar-refractivity contribution is 9.49. The van der Waals surface area contributed by atoms with Crippen LogP contribution in [0.25, 0.3) is 6.08 Å². The number of allylic oxidation sites excluding steroid dienone is 1. The van der Waals surface area contributed by atoms with Crippen molar-refractivity contribution >= 4 is 47.7 Å². The number of hydrogen-bond acceptors (Lipinski definition) is 1. The van der Waals surface area contributed by atoms with Crippen LogP contribution < -0.4 is 0 Å². The van der Waals surface area contributed by atoms with E-state index in [1.54, 1.807) is 0 Å². The first kappa shape index (κ1) is 13.1. The quantitative estimate of drug-likeness (QED) is 0.721. The highest BCUT2D eigenvalue weighted by Crippen LogP contribution is 2.26. The fraction of sp³-hybridized carbons (Fsp3) is 0.308. The predicted molar refractivity (Wildman–Crippen MR) is 80.8 cm³/mol. The average molecular weight is 356 g/mol. The van der Waals surface area contributed by atoms with Crippen molar-refractivity contribution in [2.45, 2.75) is 25.6 Å². The number of hydrogen-bond donors (Lipinski definition) is 0. The average Bonchev–Trinajstić information content (AvgIpc) is 2.71. The maximum Gasteiger partial charge on any atom is 0.298 e. The van der Waals surface area contributed by atoms with E-state index in [-0.39, 0.29) is 0 Å². The molecule has 1 aliphatic rings. The molecule has 0 N–H and O–H groups in total. The van der Waals surface area contributed by atoms with Gasteiger partial charge >= 0.3 is 0 Å². The fourth-order valence-electron chi connectivity index (χ4n) is 2.04. The van der Waals surface area contributed by atoms with Crippen molar-refractivity contribution in [3.63, 3.8) is 0 Å². The molecule has 1 aromatic rings. The molecular formula is C13H13BBr2O. The summed E-state index contributed by atoms with van der Waals surface area (Å²) in [4.78, 5) is 12.0. The minimum atomic E-state index is 0.293. The van der Waals surface area contributed by atoms with Gasteiger partial charge in [-0.1, -0.05) is 37.0 Å². The van der Waals surface area contributed by atoms with Crippen LogP contribution in [0.3, 0.4) is 0 Å². The number of fused-ring (bicyclic) bond motifs is 1. The van der Waals surface area contributed by atoms with Gasteiger partial charge in [0.25, 0.3) is 4.36 Å². The van der Waals surface area contributed by atoms with Crippen LogP contribution in [0.4, 0.5) is 0 Å². The van der Waals surface area contributed by atoms with Crippen LogP contribution in [0, 0.1) is 0 Å². The summed E-state index contributed by atoms with van der Waals surface area (Å²) in [5.74, 6) is 0.293. The van der Waals surface area contributed by atoms with Gasteiger partial charge in [0.05, 0.1) is 0 Å². The number of halogens is 2. The van der Waals surface area contributed by atoms with Crippen molar-refractivity contribution in [1.82, 2.24) is 0 Å². The summed E-state index contributed by atoms with van der Waals surface area (Å²) in [5.41, 5.74) is 3.44. The van der Waals surface area contributed by atoms with Crippen LogP contribution in [0.15, 0.2) is 29.8 Å². The minimum Gasteiger partial charge on any atom is -0.295 e. The molecule has 0 aliphatic heterocycles. The molecule has 4 heteroatoms. The zero-order chi connectivity index (χ0) is 12.3. The van der Waals surface area contributed by atoms with Crippen LogP contribution in [0.1, 0.15) is 24.0 Å². The van der Waals surface area contributed by atoms with Gasteiger partial charge in [0.1, 0.15) is 0 Å². The molecule has 0 fully saturated rings. The van der Waals surface area contributed by atoms with Crippen LogP contribution in [-0.4, -0.2) is 10.1 Å². The highest BCUT2D eigenvalue weighted by Gasteiger charge is 2.17. The van der Waals surface area contributed by atoms with Crippen LogP contribution in [-0.2, 0) is 11.2 Å². The van der Waals surface area contributed by atoms with Gasteiger partial charge in [0.2, 0.25) is 0 Å². The van der Waals surface area contributed by atoms with E-state index in [9.17, 15) is 4.79 Å². The molecule has 1 nitrogen and oxygen atoms in total. The number of rotatable bonds is 5. The lowest BCUT2D eigenvalue weighted by molar-refractivity contribution is -0.115. The molecule has 0 unspecified atom stereocenters. The first-order valence-corrected chi connectivity index (χ1v) is 7.60. The molecule has 17 heavy (non-hydrogen) atoms. The summed E-state index contributed by atoms with van der Waals surface area (Å²) in [6, 6.07) is 8.21. The van der Waals surface area contributed by atoms with Gasteiger partial charge in [-0.3, -0.25) is 4.79 Å². The fourth-order valence-corrected chi connectivity index (χ4v) is 2.68. The van der Waals surface area contributed by atoms with Crippen molar-refractivity contribution in [1.29, 1.82) is 0 Å². The van der Waals surface area contributed by atoms with Crippen LogP contribution in [0.5, 0.6) is 0 Å². The molecular weight excluding hydrogens is 343 g/mol. The van der Waals surface area contributed by atoms with E-state index >= 15 is 0 Å². The second kappa shape index (κ2) is 6.01. The van der Waals surface area contributed by atoms with Gasteiger partial charge in [-0.25, -0.2) is 0 Å². The van der Waals surface area contributed by atoms with Gasteiger partial charge in [-0.2, -0.15) is 0 Å². The Balaban J connectivity index is 1.91. The van der Waals surface area contributed by atoms with E-state index in [0.717, 1.165) is 24.7 Å². The van der Waals surface area contributed by atoms with Gasteiger partial charge in [-0.15, -0.1) is 31.5 Å². The van der Waals surface area contributed by atoms with Crippen molar-refractivity contribution < 1.29 is 4.79 Å². The summed E-state index contributed by atoms with van der Waals surface area (Å²) < 4.78 is 0.317. The van der Waals surface area contributed by atoms with Crippen LogP contribution in [0.2, 0.25) is 6.32 Å². The van der Waals surface area contributed by atoms with Gasteiger partial charge in [-0.05, 0) is 17.2 Å². The summed E-state index contributed by atoms with van der Waals surface area (Å²) in [5, 5.41) is 0. The third-order valence-electron chi connectivity index (χ3n) is 2.95. The van der Waals surface area contributed by atoms with Crippen molar-refractivity contribution in [2.24, 2.45) is 0 Å². The number of Topliss-reactive ketones (excluding diaryl/α,β-unsaturated/α-hetero) is 1. The number of benzene rings is 1. The summed E-state index contributed by atoms with van der Waals surface area (Å²) in [6.45, 7) is 0. The Bertz CT molecular complexity index is 454. The minimum absolute atomic E-state index is 0.293. The number of carbonyl (C=O) groups excluding carboxylic acids is 1. The molecule has 0 spiro atoms. The second-order valence-electron chi connectivity index (χ2n) is 4.25. The molecule has 0 aromatic heterocycles. The predicted octanol–water partition coefficient (Wildman–Crippen LogP) is 4.25. The smallest absolute Gasteiger partial charge is 0.295 e. The Morgan fingerprint density at radius 1 is 1.29 bits per heavy atom. The summed E-state index contributed by atoms with van der Waals surface area (Å²) in [7, 11) is 0. The Hall–Kier alpha value is -0.345. The maximum atomic E-state index is 12.0.